The molecule has 124 valence electrons. The zero-order chi connectivity index (χ0) is 15.0. The van der Waals surface area contributed by atoms with Crippen molar-refractivity contribution in [2.45, 2.75) is 102 Å². The Kier molecular flexibility index (Phi) is 7.48. The van der Waals surface area contributed by atoms with E-state index in [4.69, 9.17) is 9.47 Å². The van der Waals surface area contributed by atoms with Crippen LogP contribution in [0.4, 0.5) is 0 Å². The van der Waals surface area contributed by atoms with E-state index in [0.717, 1.165) is 32.5 Å². The largest absolute Gasteiger partial charge is 0.350 e. The topological polar surface area (TPSA) is 30.5 Å². The summed E-state index contributed by atoms with van der Waals surface area (Å²) in [5.41, 5.74) is 0. The van der Waals surface area contributed by atoms with Gasteiger partial charge in [-0.1, -0.05) is 51.9 Å². The molecule has 0 aromatic heterocycles. The molecule has 2 aliphatic heterocycles. The van der Waals surface area contributed by atoms with Gasteiger partial charge in [-0.2, -0.15) is 0 Å². The molecule has 2 atom stereocenters. The predicted molar refractivity (Wildman–Crippen MR) is 87.5 cm³/mol. The summed E-state index contributed by atoms with van der Waals surface area (Å²) in [5, 5.41) is 3.74. The van der Waals surface area contributed by atoms with Crippen molar-refractivity contribution in [2.24, 2.45) is 0 Å². The first kappa shape index (κ1) is 17.2. The van der Waals surface area contributed by atoms with Crippen LogP contribution < -0.4 is 5.32 Å². The molecular formula is C18H35NO2. The summed E-state index contributed by atoms with van der Waals surface area (Å²) in [7, 11) is 0. The molecule has 0 aromatic rings. The molecule has 0 amide bonds. The van der Waals surface area contributed by atoms with E-state index in [1.165, 1.54) is 51.4 Å². The maximum Gasteiger partial charge on any atom is 0.171 e. The van der Waals surface area contributed by atoms with Gasteiger partial charge in [0.25, 0.3) is 0 Å². The van der Waals surface area contributed by atoms with Crippen molar-refractivity contribution < 1.29 is 9.47 Å². The van der Waals surface area contributed by atoms with Crippen molar-refractivity contribution in [3.05, 3.63) is 0 Å². The summed E-state index contributed by atoms with van der Waals surface area (Å²) < 4.78 is 12.0. The van der Waals surface area contributed by atoms with Gasteiger partial charge in [0, 0.05) is 24.9 Å². The lowest BCUT2D eigenvalue weighted by Crippen LogP contribution is -2.56. The molecule has 2 fully saturated rings. The van der Waals surface area contributed by atoms with Gasteiger partial charge in [0.1, 0.15) is 0 Å². The van der Waals surface area contributed by atoms with Crippen LogP contribution >= 0.6 is 0 Å². The normalized spacial score (nSPS) is 28.9. The fraction of sp³-hybridized carbons (Fsp3) is 1.00. The highest BCUT2D eigenvalue weighted by atomic mass is 16.7. The summed E-state index contributed by atoms with van der Waals surface area (Å²) in [6, 6.07) is 1.08. The molecule has 0 saturated carbocycles. The minimum atomic E-state index is -0.269. The molecule has 21 heavy (non-hydrogen) atoms. The van der Waals surface area contributed by atoms with Crippen LogP contribution in [0.15, 0.2) is 0 Å². The van der Waals surface area contributed by atoms with E-state index in [1.807, 2.05) is 0 Å². The van der Waals surface area contributed by atoms with Gasteiger partial charge in [-0.25, -0.2) is 0 Å². The molecular weight excluding hydrogens is 262 g/mol. The second kappa shape index (κ2) is 9.12. The van der Waals surface area contributed by atoms with E-state index in [1.54, 1.807) is 0 Å². The summed E-state index contributed by atoms with van der Waals surface area (Å²) >= 11 is 0. The minimum Gasteiger partial charge on any atom is -0.350 e. The van der Waals surface area contributed by atoms with Crippen LogP contribution in [0.3, 0.4) is 0 Å². The molecule has 0 aliphatic carbocycles. The van der Waals surface area contributed by atoms with Crippen LogP contribution in [0.2, 0.25) is 0 Å². The standard InChI is InChI=1S/C18H35NO2/c1-3-4-5-6-7-8-9-11-17-15-18(14-16(2)19-17)20-12-10-13-21-18/h16-17,19H,3-15H2,1-2H3/t16-,17+/m1/s1. The molecule has 1 N–H and O–H groups in total. The summed E-state index contributed by atoms with van der Waals surface area (Å²) in [6.07, 6.45) is 14.0. The number of unbranched alkanes of at least 4 members (excludes halogenated alkanes) is 6. The van der Waals surface area contributed by atoms with Gasteiger partial charge in [0.2, 0.25) is 0 Å². The van der Waals surface area contributed by atoms with Gasteiger partial charge in [0.05, 0.1) is 13.2 Å². The third-order valence-corrected chi connectivity index (χ3v) is 4.87. The first-order chi connectivity index (χ1) is 10.2. The number of hydrogen-bond acceptors (Lipinski definition) is 3. The molecule has 2 saturated heterocycles. The molecule has 2 aliphatic rings. The first-order valence-corrected chi connectivity index (χ1v) is 9.28. The van der Waals surface area contributed by atoms with E-state index < -0.39 is 0 Å². The van der Waals surface area contributed by atoms with Gasteiger partial charge in [-0.05, 0) is 19.8 Å². The van der Waals surface area contributed by atoms with Crippen LogP contribution in [-0.2, 0) is 9.47 Å². The molecule has 3 nitrogen and oxygen atoms in total. The molecule has 1 spiro atoms. The Labute approximate surface area is 131 Å². The van der Waals surface area contributed by atoms with E-state index >= 15 is 0 Å². The lowest BCUT2D eigenvalue weighted by Gasteiger charge is -2.45. The van der Waals surface area contributed by atoms with Crippen molar-refractivity contribution in [3.8, 4) is 0 Å². The summed E-state index contributed by atoms with van der Waals surface area (Å²) in [5.74, 6) is -0.269. The SMILES string of the molecule is CCCCCCCCC[C@H]1CC2(C[C@@H](C)N1)OCCCO2. The van der Waals surface area contributed by atoms with E-state index in [2.05, 4.69) is 19.2 Å². The number of ether oxygens (including phenoxy) is 2. The Morgan fingerprint density at radius 2 is 1.62 bits per heavy atom. The van der Waals surface area contributed by atoms with Crippen molar-refractivity contribution in [3.63, 3.8) is 0 Å². The van der Waals surface area contributed by atoms with Crippen LogP contribution in [0, 0.1) is 0 Å². The molecule has 2 rings (SSSR count). The Hall–Kier alpha value is -0.120. The molecule has 0 unspecified atom stereocenters. The lowest BCUT2D eigenvalue weighted by molar-refractivity contribution is -0.285. The maximum atomic E-state index is 6.02. The number of hydrogen-bond donors (Lipinski definition) is 1. The fourth-order valence-corrected chi connectivity index (χ4v) is 3.83. The Morgan fingerprint density at radius 1 is 0.952 bits per heavy atom. The Bertz CT molecular complexity index is 276. The molecule has 0 radical (unpaired) electrons. The molecule has 0 aromatic carbocycles. The highest BCUT2D eigenvalue weighted by Crippen LogP contribution is 2.34. The highest BCUT2D eigenvalue weighted by Gasteiger charge is 2.42. The monoisotopic (exact) mass is 297 g/mol. The van der Waals surface area contributed by atoms with E-state index in [9.17, 15) is 0 Å². The van der Waals surface area contributed by atoms with Gasteiger partial charge in [-0.15, -0.1) is 0 Å². The highest BCUT2D eigenvalue weighted by molar-refractivity contribution is 4.90. The van der Waals surface area contributed by atoms with E-state index in [-0.39, 0.29) is 5.79 Å². The first-order valence-electron chi connectivity index (χ1n) is 9.28. The fourth-order valence-electron chi connectivity index (χ4n) is 3.83. The van der Waals surface area contributed by atoms with Crippen LogP contribution in [0.1, 0.15) is 84.5 Å². The quantitative estimate of drug-likeness (QED) is 0.674. The van der Waals surface area contributed by atoms with Crippen molar-refractivity contribution >= 4 is 0 Å². The summed E-state index contributed by atoms with van der Waals surface area (Å²) in [4.78, 5) is 0. The predicted octanol–water partition coefficient (Wildman–Crippen LogP) is 4.40. The van der Waals surface area contributed by atoms with Gasteiger partial charge >= 0.3 is 0 Å². The summed E-state index contributed by atoms with van der Waals surface area (Å²) in [6.45, 7) is 6.29. The number of rotatable bonds is 8. The molecule has 3 heteroatoms. The number of piperidine rings is 1. The Balaban J connectivity index is 1.63. The van der Waals surface area contributed by atoms with Crippen LogP contribution in [0.25, 0.3) is 0 Å². The second-order valence-corrected chi connectivity index (χ2v) is 7.04. The third kappa shape index (κ3) is 5.88. The van der Waals surface area contributed by atoms with Gasteiger partial charge in [0.15, 0.2) is 5.79 Å². The zero-order valence-electron chi connectivity index (χ0n) is 14.2. The van der Waals surface area contributed by atoms with E-state index in [0.29, 0.717) is 12.1 Å². The average molecular weight is 297 g/mol. The molecule has 2 heterocycles. The molecule has 0 bridgehead atoms. The third-order valence-electron chi connectivity index (χ3n) is 4.87. The minimum absolute atomic E-state index is 0.269. The van der Waals surface area contributed by atoms with Crippen molar-refractivity contribution in [2.75, 3.05) is 13.2 Å². The second-order valence-electron chi connectivity index (χ2n) is 7.04. The van der Waals surface area contributed by atoms with Crippen LogP contribution in [-0.4, -0.2) is 31.1 Å². The van der Waals surface area contributed by atoms with Crippen molar-refractivity contribution in [1.29, 1.82) is 0 Å². The smallest absolute Gasteiger partial charge is 0.171 e. The van der Waals surface area contributed by atoms with Gasteiger partial charge < -0.3 is 14.8 Å². The lowest BCUT2D eigenvalue weighted by atomic mass is 9.89. The zero-order valence-corrected chi connectivity index (χ0v) is 14.2. The Morgan fingerprint density at radius 3 is 2.33 bits per heavy atom. The number of nitrogens with one attached hydrogen (secondary N) is 1. The van der Waals surface area contributed by atoms with Crippen LogP contribution in [0.5, 0.6) is 0 Å². The van der Waals surface area contributed by atoms with Gasteiger partial charge in [-0.3, -0.25) is 0 Å². The van der Waals surface area contributed by atoms with Crippen molar-refractivity contribution in [1.82, 2.24) is 5.32 Å². The maximum absolute atomic E-state index is 6.02. The average Bonchev–Trinajstić information content (AvgIpc) is 2.46.